The zero-order valence-electron chi connectivity index (χ0n) is 9.82. The van der Waals surface area contributed by atoms with Gasteiger partial charge < -0.3 is 4.74 Å². The molecule has 0 aliphatic carbocycles. The smallest absolute Gasteiger partial charge is 0.414 e. The normalized spacial score (nSPS) is 19.3. The number of amides is 1. The third kappa shape index (κ3) is 4.14. The van der Waals surface area contributed by atoms with E-state index in [2.05, 4.69) is 0 Å². The molecule has 15 heavy (non-hydrogen) atoms. The lowest BCUT2D eigenvalue weighted by Crippen LogP contribution is -2.38. The molecule has 0 spiro atoms. The molecule has 0 radical (unpaired) electrons. The Hall–Kier alpha value is -1.32. The summed E-state index contributed by atoms with van der Waals surface area (Å²) in [5.74, 6) is 0.0491. The lowest BCUT2D eigenvalue weighted by Gasteiger charge is -2.26. The summed E-state index contributed by atoms with van der Waals surface area (Å²) in [6.45, 7) is 7.92. The molecule has 0 aromatic rings. The highest BCUT2D eigenvalue weighted by molar-refractivity contribution is 5.92. The van der Waals surface area contributed by atoms with Crippen molar-refractivity contribution in [2.24, 2.45) is 0 Å². The van der Waals surface area contributed by atoms with Crippen molar-refractivity contribution in [3.8, 4) is 0 Å². The third-order valence-electron chi connectivity index (χ3n) is 1.87. The van der Waals surface area contributed by atoms with Crippen molar-refractivity contribution in [3.05, 3.63) is 12.3 Å². The van der Waals surface area contributed by atoms with Crippen LogP contribution in [0, 0.1) is 0 Å². The molecule has 4 heteroatoms. The molecule has 0 bridgehead atoms. The monoisotopic (exact) mass is 213 g/mol. The molecule has 1 amide bonds. The van der Waals surface area contributed by atoms with E-state index in [1.54, 1.807) is 6.92 Å². The highest BCUT2D eigenvalue weighted by atomic mass is 16.6. The molecule has 0 aromatic heterocycles. The minimum Gasteiger partial charge on any atom is -0.449 e. The highest BCUT2D eigenvalue weighted by Crippen LogP contribution is 2.12. The minimum atomic E-state index is -0.390. The second-order valence-electron chi connectivity index (χ2n) is 2.94. The van der Waals surface area contributed by atoms with E-state index < -0.39 is 6.09 Å². The second kappa shape index (κ2) is 7.04. The fourth-order valence-corrected chi connectivity index (χ4v) is 1.21. The number of ether oxygens (including phenoxy) is 1. The van der Waals surface area contributed by atoms with E-state index >= 15 is 0 Å². The van der Waals surface area contributed by atoms with E-state index in [9.17, 15) is 9.59 Å². The number of hydrogen-bond acceptors (Lipinski definition) is 3. The summed E-state index contributed by atoms with van der Waals surface area (Å²) in [6, 6.07) is -0.100. The topological polar surface area (TPSA) is 46.6 Å². The quantitative estimate of drug-likeness (QED) is 0.671. The van der Waals surface area contributed by atoms with Crippen molar-refractivity contribution in [2.45, 2.75) is 40.2 Å². The Bertz CT molecular complexity index is 248. The van der Waals surface area contributed by atoms with Crippen molar-refractivity contribution in [2.75, 3.05) is 6.61 Å². The first kappa shape index (κ1) is 13.7. The van der Waals surface area contributed by atoms with E-state index in [-0.39, 0.29) is 11.8 Å². The molecule has 0 saturated carbocycles. The number of allylic oxidation sites excluding steroid dienone is 1. The van der Waals surface area contributed by atoms with Gasteiger partial charge in [0.1, 0.15) is 0 Å². The Balaban J connectivity index is 0.000000921. The molecule has 4 nitrogen and oxygen atoms in total. The number of nitrogens with zero attached hydrogens (tertiary/aromatic N) is 1. The van der Waals surface area contributed by atoms with E-state index in [0.717, 1.165) is 0 Å². The molecule has 1 unspecified atom stereocenters. The first-order valence-corrected chi connectivity index (χ1v) is 5.31. The largest absolute Gasteiger partial charge is 0.449 e. The zero-order valence-corrected chi connectivity index (χ0v) is 9.82. The average Bonchev–Trinajstić information content (AvgIpc) is 2.21. The summed E-state index contributed by atoms with van der Waals surface area (Å²) in [4.78, 5) is 23.6. The van der Waals surface area contributed by atoms with Crippen LogP contribution in [0.15, 0.2) is 12.3 Å². The molecule has 1 aliphatic rings. The van der Waals surface area contributed by atoms with Crippen molar-refractivity contribution >= 4 is 11.9 Å². The van der Waals surface area contributed by atoms with Crippen LogP contribution in [0.2, 0.25) is 0 Å². The Morgan fingerprint density at radius 1 is 1.60 bits per heavy atom. The van der Waals surface area contributed by atoms with Gasteiger partial charge in [-0.15, -0.1) is 0 Å². The van der Waals surface area contributed by atoms with Gasteiger partial charge in [-0.1, -0.05) is 13.8 Å². The van der Waals surface area contributed by atoms with Gasteiger partial charge in [-0.3, -0.25) is 9.69 Å². The maximum atomic E-state index is 11.3. The molecule has 1 aliphatic heterocycles. The van der Waals surface area contributed by atoms with Crippen LogP contribution in [0.1, 0.15) is 34.1 Å². The molecule has 0 fully saturated rings. The van der Waals surface area contributed by atoms with Crippen molar-refractivity contribution in [1.82, 2.24) is 4.90 Å². The van der Waals surface area contributed by atoms with Gasteiger partial charge in [0.2, 0.25) is 0 Å². The number of carbonyl (C=O) groups excluding carboxylic acids is 2. The number of hydrogen-bond donors (Lipinski definition) is 0. The first-order chi connectivity index (χ1) is 7.15. The molecule has 1 rings (SSSR count). The van der Waals surface area contributed by atoms with E-state index in [1.165, 1.54) is 17.2 Å². The molecule has 0 saturated heterocycles. The minimum absolute atomic E-state index is 0.0491. The van der Waals surface area contributed by atoms with Crippen LogP contribution in [0.3, 0.4) is 0 Å². The van der Waals surface area contributed by atoms with Crippen LogP contribution in [-0.4, -0.2) is 29.4 Å². The van der Waals surface area contributed by atoms with Gasteiger partial charge in [-0.25, -0.2) is 4.79 Å². The van der Waals surface area contributed by atoms with E-state index in [4.69, 9.17) is 4.74 Å². The van der Waals surface area contributed by atoms with Crippen molar-refractivity contribution in [1.29, 1.82) is 0 Å². The lowest BCUT2D eigenvalue weighted by atomic mass is 10.1. The first-order valence-electron chi connectivity index (χ1n) is 5.31. The summed E-state index contributed by atoms with van der Waals surface area (Å²) < 4.78 is 4.81. The van der Waals surface area contributed by atoms with Gasteiger partial charge >= 0.3 is 6.09 Å². The molecule has 86 valence electrons. The standard InChI is InChI=1S/C9H13NO3.C2H6/c1-3-13-9(12)10-5-4-8(11)6-7(10)2;1-2/h4-5,7H,3,6H2,1-2H3;1-2H3. The van der Waals surface area contributed by atoms with Crippen LogP contribution in [0.5, 0.6) is 0 Å². The molecular formula is C11H19NO3. The number of carbonyl (C=O) groups is 2. The Morgan fingerprint density at radius 3 is 2.67 bits per heavy atom. The maximum Gasteiger partial charge on any atom is 0.414 e. The molecular weight excluding hydrogens is 194 g/mol. The second-order valence-corrected chi connectivity index (χ2v) is 2.94. The van der Waals surface area contributed by atoms with Crippen molar-refractivity contribution < 1.29 is 14.3 Å². The number of ketones is 1. The van der Waals surface area contributed by atoms with Gasteiger partial charge in [0.15, 0.2) is 5.78 Å². The summed E-state index contributed by atoms with van der Waals surface area (Å²) in [6.07, 6.45) is 2.86. The summed E-state index contributed by atoms with van der Waals surface area (Å²) in [5.41, 5.74) is 0. The number of rotatable bonds is 1. The van der Waals surface area contributed by atoms with Crippen molar-refractivity contribution in [3.63, 3.8) is 0 Å². The van der Waals surface area contributed by atoms with Crippen LogP contribution in [0.4, 0.5) is 4.79 Å². The molecule has 0 aromatic carbocycles. The predicted molar refractivity (Wildman–Crippen MR) is 58.4 cm³/mol. The Morgan fingerprint density at radius 2 is 2.20 bits per heavy atom. The SMILES string of the molecule is CC.CCOC(=O)N1C=CC(=O)CC1C. The summed E-state index contributed by atoms with van der Waals surface area (Å²) >= 11 is 0. The van der Waals surface area contributed by atoms with Gasteiger partial charge in [-0.2, -0.15) is 0 Å². The van der Waals surface area contributed by atoms with Crippen LogP contribution in [0.25, 0.3) is 0 Å². The molecule has 1 atom stereocenters. The fourth-order valence-electron chi connectivity index (χ4n) is 1.21. The van der Waals surface area contributed by atoms with E-state index in [1.807, 2.05) is 20.8 Å². The maximum absolute atomic E-state index is 11.3. The van der Waals surface area contributed by atoms with Gasteiger partial charge in [0.05, 0.1) is 6.61 Å². The Labute approximate surface area is 90.9 Å². The van der Waals surface area contributed by atoms with E-state index in [0.29, 0.717) is 13.0 Å². The third-order valence-corrected chi connectivity index (χ3v) is 1.87. The lowest BCUT2D eigenvalue weighted by molar-refractivity contribution is -0.116. The van der Waals surface area contributed by atoms with Crippen LogP contribution >= 0.6 is 0 Å². The Kier molecular flexibility index (Phi) is 6.42. The van der Waals surface area contributed by atoms with Gasteiger partial charge in [0.25, 0.3) is 0 Å². The summed E-state index contributed by atoms with van der Waals surface area (Å²) in [5, 5.41) is 0. The van der Waals surface area contributed by atoms with Gasteiger partial charge in [0, 0.05) is 18.7 Å². The predicted octanol–water partition coefficient (Wildman–Crippen LogP) is 2.35. The van der Waals surface area contributed by atoms with Crippen LogP contribution in [-0.2, 0) is 9.53 Å². The van der Waals surface area contributed by atoms with Gasteiger partial charge in [-0.05, 0) is 19.9 Å². The molecule has 0 N–H and O–H groups in total. The highest BCUT2D eigenvalue weighted by Gasteiger charge is 2.23. The zero-order chi connectivity index (χ0) is 11.8. The average molecular weight is 213 g/mol. The molecule has 1 heterocycles. The summed E-state index contributed by atoms with van der Waals surface area (Å²) in [7, 11) is 0. The van der Waals surface area contributed by atoms with Crippen LogP contribution < -0.4 is 0 Å². The fraction of sp³-hybridized carbons (Fsp3) is 0.636.